The zero-order valence-corrected chi connectivity index (χ0v) is 11.8. The summed E-state index contributed by atoms with van der Waals surface area (Å²) in [6.07, 6.45) is -0.129. The van der Waals surface area contributed by atoms with E-state index in [1.54, 1.807) is 18.2 Å². The minimum atomic E-state index is -0.957. The molecule has 0 saturated heterocycles. The summed E-state index contributed by atoms with van der Waals surface area (Å²) in [5.41, 5.74) is 0.811. The Balaban J connectivity index is 2.86. The number of amides is 1. The van der Waals surface area contributed by atoms with E-state index in [-0.39, 0.29) is 24.0 Å². The van der Waals surface area contributed by atoms with Crippen LogP contribution in [-0.4, -0.2) is 28.8 Å². The van der Waals surface area contributed by atoms with E-state index in [9.17, 15) is 14.4 Å². The molecule has 0 fully saturated rings. The number of hydrogen-bond donors (Lipinski definition) is 2. The van der Waals surface area contributed by atoms with Gasteiger partial charge in [-0.1, -0.05) is 26.0 Å². The van der Waals surface area contributed by atoms with Crippen LogP contribution in [0.15, 0.2) is 24.3 Å². The van der Waals surface area contributed by atoms with E-state index in [4.69, 9.17) is 5.11 Å². The molecule has 1 aromatic carbocycles. The summed E-state index contributed by atoms with van der Waals surface area (Å²) in [5.74, 6) is -1.44. The maximum atomic E-state index is 12.1. The van der Waals surface area contributed by atoms with Crippen LogP contribution in [0.25, 0.3) is 0 Å². The number of benzene rings is 1. The maximum Gasteiger partial charge on any atom is 0.305 e. The predicted molar refractivity (Wildman–Crippen MR) is 74.8 cm³/mol. The molecule has 1 aromatic rings. The molecule has 0 spiro atoms. The van der Waals surface area contributed by atoms with Gasteiger partial charge in [0.05, 0.1) is 6.42 Å². The third-order valence-electron chi connectivity index (χ3n) is 3.05. The van der Waals surface area contributed by atoms with Gasteiger partial charge in [-0.25, -0.2) is 0 Å². The Bertz CT molecular complexity index is 522. The highest BCUT2D eigenvalue weighted by Gasteiger charge is 2.20. The number of carbonyl (C=O) groups is 3. The Morgan fingerprint density at radius 3 is 2.30 bits per heavy atom. The molecule has 108 valence electrons. The molecule has 20 heavy (non-hydrogen) atoms. The van der Waals surface area contributed by atoms with Crippen molar-refractivity contribution in [3.8, 4) is 0 Å². The topological polar surface area (TPSA) is 83.5 Å². The van der Waals surface area contributed by atoms with Crippen molar-refractivity contribution in [3.05, 3.63) is 35.4 Å². The number of carbonyl (C=O) groups excluding carboxylic acids is 2. The largest absolute Gasteiger partial charge is 0.481 e. The van der Waals surface area contributed by atoms with Crippen molar-refractivity contribution in [3.63, 3.8) is 0 Å². The summed E-state index contributed by atoms with van der Waals surface area (Å²) in [6.45, 7) is 5.12. The molecule has 0 aliphatic heterocycles. The lowest BCUT2D eigenvalue weighted by molar-refractivity contribution is -0.137. The van der Waals surface area contributed by atoms with Gasteiger partial charge in [0, 0.05) is 17.2 Å². The quantitative estimate of drug-likeness (QED) is 0.780. The fraction of sp³-hybridized carbons (Fsp3) is 0.400. The minimum Gasteiger partial charge on any atom is -0.481 e. The standard InChI is InChI=1S/C15H19NO4/c1-9(2)13(8-14(18)19)16-15(20)12-6-4-5-11(7-12)10(3)17/h4-7,9,13H,8H2,1-3H3,(H,16,20)(H,18,19). The molecular formula is C15H19NO4. The third kappa shape index (κ3) is 4.50. The Kier molecular flexibility index (Phi) is 5.43. The SMILES string of the molecule is CC(=O)c1cccc(C(=O)NC(CC(=O)O)C(C)C)c1. The highest BCUT2D eigenvalue weighted by Crippen LogP contribution is 2.10. The summed E-state index contributed by atoms with van der Waals surface area (Å²) in [7, 11) is 0. The second kappa shape index (κ2) is 6.84. The second-order valence-electron chi connectivity index (χ2n) is 5.06. The van der Waals surface area contributed by atoms with Gasteiger partial charge in [0.2, 0.25) is 0 Å². The normalized spacial score (nSPS) is 12.0. The first-order chi connectivity index (χ1) is 9.31. The number of nitrogens with one attached hydrogen (secondary N) is 1. The fourth-order valence-corrected chi connectivity index (χ4v) is 1.77. The molecule has 0 saturated carbocycles. The first kappa shape index (κ1) is 15.9. The molecule has 0 bridgehead atoms. The van der Waals surface area contributed by atoms with E-state index < -0.39 is 12.0 Å². The molecule has 5 nitrogen and oxygen atoms in total. The summed E-state index contributed by atoms with van der Waals surface area (Å²) in [5, 5.41) is 11.5. The van der Waals surface area contributed by atoms with Crippen molar-refractivity contribution in [1.29, 1.82) is 0 Å². The van der Waals surface area contributed by atoms with E-state index >= 15 is 0 Å². The smallest absolute Gasteiger partial charge is 0.305 e. The second-order valence-corrected chi connectivity index (χ2v) is 5.06. The minimum absolute atomic E-state index is 0.00559. The molecular weight excluding hydrogens is 258 g/mol. The van der Waals surface area contributed by atoms with Crippen LogP contribution in [0.2, 0.25) is 0 Å². The van der Waals surface area contributed by atoms with Gasteiger partial charge in [0.15, 0.2) is 5.78 Å². The average Bonchev–Trinajstić information content (AvgIpc) is 2.37. The van der Waals surface area contributed by atoms with Crippen molar-refractivity contribution in [2.24, 2.45) is 5.92 Å². The Labute approximate surface area is 118 Å². The number of ketones is 1. The number of carboxylic acid groups (broad SMARTS) is 1. The van der Waals surface area contributed by atoms with Crippen molar-refractivity contribution >= 4 is 17.7 Å². The number of rotatable bonds is 6. The van der Waals surface area contributed by atoms with Crippen LogP contribution < -0.4 is 5.32 Å². The van der Waals surface area contributed by atoms with Gasteiger partial charge in [-0.3, -0.25) is 14.4 Å². The van der Waals surface area contributed by atoms with Crippen LogP contribution in [0.4, 0.5) is 0 Å². The first-order valence-corrected chi connectivity index (χ1v) is 6.45. The summed E-state index contributed by atoms with van der Waals surface area (Å²) >= 11 is 0. The number of carboxylic acids is 1. The lowest BCUT2D eigenvalue weighted by Crippen LogP contribution is -2.40. The van der Waals surface area contributed by atoms with Gasteiger partial charge in [-0.15, -0.1) is 0 Å². The molecule has 0 radical (unpaired) electrons. The summed E-state index contributed by atoms with van der Waals surface area (Å²) in [6, 6.07) is 5.93. The van der Waals surface area contributed by atoms with Crippen LogP contribution >= 0.6 is 0 Å². The van der Waals surface area contributed by atoms with Gasteiger partial charge >= 0.3 is 5.97 Å². The monoisotopic (exact) mass is 277 g/mol. The van der Waals surface area contributed by atoms with Gasteiger partial charge in [0.1, 0.15) is 0 Å². The molecule has 0 aliphatic carbocycles. The average molecular weight is 277 g/mol. The Hall–Kier alpha value is -2.17. The highest BCUT2D eigenvalue weighted by atomic mass is 16.4. The van der Waals surface area contributed by atoms with Gasteiger partial charge in [-0.2, -0.15) is 0 Å². The van der Waals surface area contributed by atoms with E-state index in [1.165, 1.54) is 13.0 Å². The number of aliphatic carboxylic acids is 1. The zero-order chi connectivity index (χ0) is 15.3. The number of Topliss-reactive ketones (excluding diaryl/α,β-unsaturated/α-hetero) is 1. The third-order valence-corrected chi connectivity index (χ3v) is 3.05. The summed E-state index contributed by atoms with van der Waals surface area (Å²) in [4.78, 5) is 34.2. The summed E-state index contributed by atoms with van der Waals surface area (Å²) < 4.78 is 0. The molecule has 2 N–H and O–H groups in total. The van der Waals surface area contributed by atoms with Crippen molar-refractivity contribution < 1.29 is 19.5 Å². The van der Waals surface area contributed by atoms with Crippen LogP contribution in [0.3, 0.4) is 0 Å². The Morgan fingerprint density at radius 2 is 1.80 bits per heavy atom. The van der Waals surface area contributed by atoms with Gasteiger partial charge in [0.25, 0.3) is 5.91 Å². The molecule has 1 atom stereocenters. The Morgan fingerprint density at radius 1 is 1.20 bits per heavy atom. The molecule has 0 aromatic heterocycles. The predicted octanol–water partition coefficient (Wildman–Crippen LogP) is 2.12. The van der Waals surface area contributed by atoms with E-state index in [0.29, 0.717) is 11.1 Å². The highest BCUT2D eigenvalue weighted by molar-refractivity contribution is 5.99. The van der Waals surface area contributed by atoms with Gasteiger partial charge < -0.3 is 10.4 Å². The molecule has 1 amide bonds. The van der Waals surface area contributed by atoms with Crippen LogP contribution in [0, 0.1) is 5.92 Å². The van der Waals surface area contributed by atoms with E-state index in [1.807, 2.05) is 13.8 Å². The molecule has 0 aliphatic rings. The van der Waals surface area contributed by atoms with E-state index in [2.05, 4.69) is 5.32 Å². The lowest BCUT2D eigenvalue weighted by atomic mass is 10.00. The fourth-order valence-electron chi connectivity index (χ4n) is 1.77. The molecule has 1 unspecified atom stereocenters. The van der Waals surface area contributed by atoms with Crippen LogP contribution in [0.5, 0.6) is 0 Å². The molecule has 0 heterocycles. The maximum absolute atomic E-state index is 12.1. The van der Waals surface area contributed by atoms with Crippen molar-refractivity contribution in [2.75, 3.05) is 0 Å². The van der Waals surface area contributed by atoms with Crippen LogP contribution in [0.1, 0.15) is 47.9 Å². The van der Waals surface area contributed by atoms with E-state index in [0.717, 1.165) is 0 Å². The number of hydrogen-bond acceptors (Lipinski definition) is 3. The van der Waals surface area contributed by atoms with Crippen molar-refractivity contribution in [2.45, 2.75) is 33.2 Å². The zero-order valence-electron chi connectivity index (χ0n) is 11.8. The molecule has 5 heteroatoms. The lowest BCUT2D eigenvalue weighted by Gasteiger charge is -2.20. The first-order valence-electron chi connectivity index (χ1n) is 6.45. The van der Waals surface area contributed by atoms with Crippen molar-refractivity contribution in [1.82, 2.24) is 5.32 Å². The van der Waals surface area contributed by atoms with Crippen LogP contribution in [-0.2, 0) is 4.79 Å². The molecule has 1 rings (SSSR count). The van der Waals surface area contributed by atoms with Gasteiger partial charge in [-0.05, 0) is 25.0 Å².